The van der Waals surface area contributed by atoms with E-state index in [4.69, 9.17) is 17.1 Å². The summed E-state index contributed by atoms with van der Waals surface area (Å²) in [6.07, 6.45) is -0.191. The van der Waals surface area contributed by atoms with Gasteiger partial charge in [-0.25, -0.2) is 10.1 Å². The van der Waals surface area contributed by atoms with E-state index in [1.54, 1.807) is 42.5 Å². The average molecular weight is 236 g/mol. The number of amides is 1. The van der Waals surface area contributed by atoms with Crippen molar-refractivity contribution in [3.63, 3.8) is 0 Å². The van der Waals surface area contributed by atoms with Gasteiger partial charge in [-0.1, -0.05) is 18.2 Å². The molecule has 5 heteroatoms. The van der Waals surface area contributed by atoms with Crippen LogP contribution in [0.1, 0.15) is 16.8 Å². The number of allylic oxidation sites excluding steroid dienone is 2. The zero-order chi connectivity index (χ0) is 13.4. The maximum absolute atomic E-state index is 11.8. The smallest absolute Gasteiger partial charge is 0.281 e. The summed E-state index contributed by atoms with van der Waals surface area (Å²) in [6, 6.07) is 11.8. The van der Waals surface area contributed by atoms with Crippen LogP contribution in [0.15, 0.2) is 41.7 Å². The number of carbonyl (C=O) groups excluding carboxylic acids is 1. The number of hydrogen-bond donors (Lipinski definition) is 1. The normalized spacial score (nSPS) is 10.3. The third-order valence-corrected chi connectivity index (χ3v) is 2.06. The quantitative estimate of drug-likeness (QED) is 0.643. The third kappa shape index (κ3) is 3.20. The molecular formula is C13H8N4O. The molecule has 5 nitrogen and oxygen atoms in total. The Morgan fingerprint density at radius 3 is 2.50 bits per heavy atom. The fourth-order valence-corrected chi connectivity index (χ4v) is 1.22. The number of rotatable bonds is 3. The summed E-state index contributed by atoms with van der Waals surface area (Å²) >= 11 is 0. The number of nitrogens with zero attached hydrogens (tertiary/aromatic N) is 3. The molecule has 18 heavy (non-hydrogen) atoms. The van der Waals surface area contributed by atoms with Crippen molar-refractivity contribution < 1.29 is 4.79 Å². The summed E-state index contributed by atoms with van der Waals surface area (Å²) in [5.74, 6) is -0.447. The van der Waals surface area contributed by atoms with Crippen molar-refractivity contribution in [2.75, 3.05) is 0 Å². The lowest BCUT2D eigenvalue weighted by Gasteiger charge is -2.06. The Morgan fingerprint density at radius 2 is 2.00 bits per heavy atom. The molecule has 1 rings (SSSR count). The zero-order valence-electron chi connectivity index (χ0n) is 9.34. The van der Waals surface area contributed by atoms with Crippen LogP contribution in [-0.4, -0.2) is 5.91 Å². The maximum atomic E-state index is 11.8. The molecule has 1 aromatic rings. The van der Waals surface area contributed by atoms with E-state index in [1.807, 2.05) is 0 Å². The lowest BCUT2D eigenvalue weighted by Crippen LogP contribution is -2.23. The van der Waals surface area contributed by atoms with Crippen molar-refractivity contribution in [2.24, 2.45) is 0 Å². The second kappa shape index (κ2) is 6.48. The highest BCUT2D eigenvalue weighted by Crippen LogP contribution is 2.08. The van der Waals surface area contributed by atoms with E-state index in [0.717, 1.165) is 0 Å². The van der Waals surface area contributed by atoms with E-state index in [0.29, 0.717) is 5.56 Å². The molecule has 0 unspecified atom stereocenters. The van der Waals surface area contributed by atoms with Gasteiger partial charge in [-0.15, -0.1) is 0 Å². The molecule has 0 spiro atoms. The van der Waals surface area contributed by atoms with E-state index in [9.17, 15) is 4.79 Å². The molecule has 86 valence electrons. The fourth-order valence-electron chi connectivity index (χ4n) is 1.22. The number of hydrogen-bond acceptors (Lipinski definition) is 3. The van der Waals surface area contributed by atoms with Gasteiger partial charge in [-0.3, -0.25) is 4.79 Å². The second-order valence-electron chi connectivity index (χ2n) is 3.21. The first-order valence-corrected chi connectivity index (χ1v) is 4.97. The lowest BCUT2D eigenvalue weighted by molar-refractivity contribution is 0.0965. The summed E-state index contributed by atoms with van der Waals surface area (Å²) in [4.78, 5) is 14.8. The van der Waals surface area contributed by atoms with Crippen LogP contribution in [0.5, 0.6) is 0 Å². The number of nitriles is 2. The second-order valence-corrected chi connectivity index (χ2v) is 3.21. The predicted octanol–water partition coefficient (Wildman–Crippen LogP) is 1.98. The molecule has 0 aliphatic heterocycles. The van der Waals surface area contributed by atoms with Crippen molar-refractivity contribution >= 4 is 5.91 Å². The number of carbonyl (C=O) groups is 1. The predicted molar refractivity (Wildman–Crippen MR) is 63.4 cm³/mol. The van der Waals surface area contributed by atoms with E-state index in [-0.39, 0.29) is 17.8 Å². The SMILES string of the molecule is [C-]#[N+]C(C#N)=C(CC#N)NC(=O)c1ccccc1. The van der Waals surface area contributed by atoms with Crippen molar-refractivity contribution in [1.29, 1.82) is 10.5 Å². The minimum absolute atomic E-state index is 0.0313. The van der Waals surface area contributed by atoms with Crippen LogP contribution in [-0.2, 0) is 0 Å². The fraction of sp³-hybridized carbons (Fsp3) is 0.0769. The monoisotopic (exact) mass is 236 g/mol. The maximum Gasteiger partial charge on any atom is 0.281 e. The number of nitrogens with one attached hydrogen (secondary N) is 1. The first kappa shape index (κ1) is 13.0. The van der Waals surface area contributed by atoms with Crippen LogP contribution >= 0.6 is 0 Å². The van der Waals surface area contributed by atoms with Gasteiger partial charge in [0.2, 0.25) is 0 Å². The highest BCUT2D eigenvalue weighted by atomic mass is 16.1. The molecule has 1 N–H and O–H groups in total. The van der Waals surface area contributed by atoms with Crippen molar-refractivity contribution in [3.8, 4) is 12.1 Å². The van der Waals surface area contributed by atoms with Gasteiger partial charge in [0.05, 0.1) is 25.1 Å². The molecule has 0 heterocycles. The van der Waals surface area contributed by atoms with Crippen LogP contribution < -0.4 is 5.32 Å². The minimum Gasteiger partial charge on any atom is -0.333 e. The molecule has 0 aliphatic rings. The van der Waals surface area contributed by atoms with E-state index in [2.05, 4.69) is 10.2 Å². The third-order valence-electron chi connectivity index (χ3n) is 2.06. The Hall–Kier alpha value is -3.10. The van der Waals surface area contributed by atoms with Crippen molar-refractivity contribution in [1.82, 2.24) is 5.32 Å². The van der Waals surface area contributed by atoms with Gasteiger partial charge in [0.15, 0.2) is 0 Å². The average Bonchev–Trinajstić information content (AvgIpc) is 2.41. The Morgan fingerprint density at radius 1 is 1.33 bits per heavy atom. The lowest BCUT2D eigenvalue weighted by atomic mass is 10.2. The Bertz CT molecular complexity index is 581. The van der Waals surface area contributed by atoms with Gasteiger partial charge >= 0.3 is 0 Å². The molecule has 0 fully saturated rings. The summed E-state index contributed by atoms with van der Waals surface area (Å²) in [6.45, 7) is 6.80. The van der Waals surface area contributed by atoms with Crippen LogP contribution in [0.3, 0.4) is 0 Å². The van der Waals surface area contributed by atoms with Crippen LogP contribution in [0, 0.1) is 29.2 Å². The van der Waals surface area contributed by atoms with Crippen LogP contribution in [0.2, 0.25) is 0 Å². The Labute approximate surface area is 104 Å². The Kier molecular flexibility index (Phi) is 4.66. The molecule has 1 aromatic carbocycles. The van der Waals surface area contributed by atoms with Gasteiger partial charge in [0.25, 0.3) is 11.6 Å². The Balaban J connectivity index is 2.99. The van der Waals surface area contributed by atoms with Gasteiger partial charge < -0.3 is 5.32 Å². The van der Waals surface area contributed by atoms with Gasteiger partial charge in [0, 0.05) is 11.3 Å². The van der Waals surface area contributed by atoms with E-state index >= 15 is 0 Å². The summed E-state index contributed by atoms with van der Waals surface area (Å²) in [5, 5.41) is 19.8. The topological polar surface area (TPSA) is 81.0 Å². The minimum atomic E-state index is -0.447. The standard InChI is InChI=1S/C13H8N4O/c1-16-12(9-15)11(7-8-14)17-13(18)10-5-3-2-4-6-10/h2-6H,7H2,(H,17,18). The van der Waals surface area contributed by atoms with Gasteiger partial charge in [0.1, 0.15) is 0 Å². The molecule has 0 saturated heterocycles. The van der Waals surface area contributed by atoms with Crippen molar-refractivity contribution in [2.45, 2.75) is 6.42 Å². The van der Waals surface area contributed by atoms with E-state index in [1.165, 1.54) is 0 Å². The summed E-state index contributed by atoms with van der Waals surface area (Å²) in [5.41, 5.74) is 0.153. The first-order valence-electron chi connectivity index (χ1n) is 4.97. The van der Waals surface area contributed by atoms with Gasteiger partial charge in [-0.05, 0) is 12.1 Å². The summed E-state index contributed by atoms with van der Waals surface area (Å²) in [7, 11) is 0. The molecule has 0 aromatic heterocycles. The number of benzene rings is 1. The molecular weight excluding hydrogens is 228 g/mol. The molecule has 0 bridgehead atoms. The molecule has 0 aliphatic carbocycles. The summed E-state index contributed by atoms with van der Waals surface area (Å²) < 4.78 is 0. The van der Waals surface area contributed by atoms with Crippen LogP contribution in [0.25, 0.3) is 4.85 Å². The van der Waals surface area contributed by atoms with E-state index < -0.39 is 5.91 Å². The molecule has 0 radical (unpaired) electrons. The van der Waals surface area contributed by atoms with Crippen LogP contribution in [0.4, 0.5) is 0 Å². The zero-order valence-corrected chi connectivity index (χ0v) is 9.34. The molecule has 1 amide bonds. The van der Waals surface area contributed by atoms with Gasteiger partial charge in [-0.2, -0.15) is 5.26 Å². The highest BCUT2D eigenvalue weighted by Gasteiger charge is 2.11. The highest BCUT2D eigenvalue weighted by molar-refractivity contribution is 5.95. The first-order chi connectivity index (χ1) is 8.72. The van der Waals surface area contributed by atoms with Crippen molar-refractivity contribution in [3.05, 3.63) is 58.7 Å². The largest absolute Gasteiger partial charge is 0.333 e. The molecule has 0 atom stereocenters. The molecule has 0 saturated carbocycles.